The number of hydrogen-bond acceptors (Lipinski definition) is 2. The summed E-state index contributed by atoms with van der Waals surface area (Å²) in [5.74, 6) is 0. The normalized spacial score (nSPS) is 10.7. The minimum atomic E-state index is -3.67. The van der Waals surface area contributed by atoms with Crippen LogP contribution in [0.5, 0.6) is 0 Å². The lowest BCUT2D eigenvalue weighted by molar-refractivity contribution is 0.490. The van der Waals surface area contributed by atoms with Gasteiger partial charge in [0.25, 0.3) is 10.1 Å². The molecule has 0 aliphatic rings. The summed E-state index contributed by atoms with van der Waals surface area (Å²) in [6.07, 6.45) is 0.715. The van der Waals surface area contributed by atoms with Crippen molar-refractivity contribution in [3.8, 4) is 11.1 Å². The molecule has 0 unspecified atom stereocenters. The summed E-state index contributed by atoms with van der Waals surface area (Å²) in [6, 6.07) is 25.6. The van der Waals surface area contributed by atoms with Crippen LogP contribution in [0.1, 0.15) is 22.3 Å². The van der Waals surface area contributed by atoms with Crippen molar-refractivity contribution in [3.63, 3.8) is 0 Å². The zero-order chi connectivity index (χ0) is 20.0. The Hall–Kier alpha value is -2.69. The number of aryl methyl sites for hydroxylation is 2. The van der Waals surface area contributed by atoms with Crippen LogP contribution >= 0.6 is 0 Å². The van der Waals surface area contributed by atoms with Gasteiger partial charge in [0.1, 0.15) is 0 Å². The van der Waals surface area contributed by atoms with Crippen LogP contribution in [0.2, 0.25) is 0 Å². The Labute approximate surface area is 161 Å². The summed E-state index contributed by atoms with van der Waals surface area (Å²) < 4.78 is 25.9. The van der Waals surface area contributed by atoms with Crippen molar-refractivity contribution in [3.05, 3.63) is 102 Å². The SMILES string of the molecule is C=C(c1ccc(-c2ccccc2)cc1)c1cc(C)ccc1C.CS(=O)(=O)O. The van der Waals surface area contributed by atoms with Gasteiger partial charge in [-0.3, -0.25) is 4.55 Å². The van der Waals surface area contributed by atoms with Crippen molar-refractivity contribution < 1.29 is 13.0 Å². The second kappa shape index (κ2) is 8.80. The summed E-state index contributed by atoms with van der Waals surface area (Å²) in [4.78, 5) is 0. The van der Waals surface area contributed by atoms with E-state index in [-0.39, 0.29) is 0 Å². The van der Waals surface area contributed by atoms with Crippen LogP contribution in [-0.4, -0.2) is 19.2 Å². The Balaban J connectivity index is 0.000000465. The first-order valence-corrected chi connectivity index (χ1v) is 10.3. The van der Waals surface area contributed by atoms with Crippen molar-refractivity contribution >= 4 is 15.7 Å². The summed E-state index contributed by atoms with van der Waals surface area (Å²) in [6.45, 7) is 8.56. The third-order valence-electron chi connectivity index (χ3n) is 4.06. The molecule has 0 heterocycles. The van der Waals surface area contributed by atoms with Crippen LogP contribution < -0.4 is 0 Å². The molecule has 0 aliphatic heterocycles. The molecule has 0 radical (unpaired) electrons. The summed E-state index contributed by atoms with van der Waals surface area (Å²) in [7, 11) is -3.67. The van der Waals surface area contributed by atoms with E-state index in [0.717, 1.165) is 5.57 Å². The van der Waals surface area contributed by atoms with E-state index in [1.165, 1.54) is 33.4 Å². The minimum Gasteiger partial charge on any atom is -0.286 e. The second-order valence-electron chi connectivity index (χ2n) is 6.47. The standard InChI is InChI=1S/C22H20.CH4O3S/c1-16-9-10-17(2)22(15-16)18(3)19-11-13-21(14-12-19)20-7-5-4-6-8-20;1-5(2,3)4/h4-15H,3H2,1-2H3;1H3,(H,2,3,4). The van der Waals surface area contributed by atoms with Crippen LogP contribution in [-0.2, 0) is 10.1 Å². The predicted molar refractivity (Wildman–Crippen MR) is 113 cm³/mol. The first-order valence-electron chi connectivity index (χ1n) is 8.50. The fourth-order valence-electron chi connectivity index (χ4n) is 2.71. The third kappa shape index (κ3) is 6.51. The Morgan fingerprint density at radius 1 is 0.852 bits per heavy atom. The third-order valence-corrected chi connectivity index (χ3v) is 4.06. The minimum absolute atomic E-state index is 0.715. The van der Waals surface area contributed by atoms with Crippen LogP contribution in [0.25, 0.3) is 16.7 Å². The van der Waals surface area contributed by atoms with Gasteiger partial charge in [-0.25, -0.2) is 0 Å². The molecule has 4 heteroatoms. The van der Waals surface area contributed by atoms with Gasteiger partial charge < -0.3 is 0 Å². The molecule has 0 aromatic heterocycles. The van der Waals surface area contributed by atoms with Crippen molar-refractivity contribution in [2.75, 3.05) is 6.26 Å². The largest absolute Gasteiger partial charge is 0.286 e. The molecule has 140 valence electrons. The Morgan fingerprint density at radius 3 is 1.93 bits per heavy atom. The maximum Gasteiger partial charge on any atom is 0.261 e. The van der Waals surface area contributed by atoms with Gasteiger partial charge in [-0.2, -0.15) is 8.42 Å². The van der Waals surface area contributed by atoms with E-state index in [0.29, 0.717) is 6.26 Å². The van der Waals surface area contributed by atoms with E-state index in [9.17, 15) is 8.42 Å². The molecule has 0 spiro atoms. The maximum atomic E-state index is 9.19. The highest BCUT2D eigenvalue weighted by Crippen LogP contribution is 2.27. The van der Waals surface area contributed by atoms with Gasteiger partial charge in [0.2, 0.25) is 0 Å². The summed E-state index contributed by atoms with van der Waals surface area (Å²) >= 11 is 0. The molecule has 0 fully saturated rings. The highest BCUT2D eigenvalue weighted by molar-refractivity contribution is 7.85. The molecule has 0 bridgehead atoms. The van der Waals surface area contributed by atoms with E-state index in [4.69, 9.17) is 4.55 Å². The predicted octanol–water partition coefficient (Wildman–Crippen LogP) is 5.54. The van der Waals surface area contributed by atoms with Gasteiger partial charge in [0.15, 0.2) is 0 Å². The molecular formula is C23H24O3S. The number of rotatable bonds is 3. The van der Waals surface area contributed by atoms with E-state index >= 15 is 0 Å². The molecule has 0 aliphatic carbocycles. The first-order chi connectivity index (χ1) is 12.6. The number of hydrogen-bond donors (Lipinski definition) is 1. The molecule has 0 saturated carbocycles. The van der Waals surface area contributed by atoms with E-state index in [1.54, 1.807) is 0 Å². The van der Waals surface area contributed by atoms with Crippen LogP contribution in [0, 0.1) is 13.8 Å². The van der Waals surface area contributed by atoms with Gasteiger partial charge in [0.05, 0.1) is 6.26 Å². The fraction of sp³-hybridized carbons (Fsp3) is 0.130. The maximum absolute atomic E-state index is 9.19. The summed E-state index contributed by atoms with van der Waals surface area (Å²) in [5.41, 5.74) is 8.50. The zero-order valence-corrected chi connectivity index (χ0v) is 16.6. The highest BCUT2D eigenvalue weighted by Gasteiger charge is 2.06. The zero-order valence-electron chi connectivity index (χ0n) is 15.8. The Bertz CT molecular complexity index is 1010. The lowest BCUT2D eigenvalue weighted by Crippen LogP contribution is -1.91. The molecular weight excluding hydrogens is 356 g/mol. The molecule has 0 atom stereocenters. The lowest BCUT2D eigenvalue weighted by Gasteiger charge is -2.11. The van der Waals surface area contributed by atoms with Crippen molar-refractivity contribution in [2.24, 2.45) is 0 Å². The van der Waals surface area contributed by atoms with Gasteiger partial charge in [-0.15, -0.1) is 0 Å². The molecule has 3 aromatic carbocycles. The van der Waals surface area contributed by atoms with Crippen molar-refractivity contribution in [1.82, 2.24) is 0 Å². The first kappa shape index (κ1) is 20.6. The quantitative estimate of drug-likeness (QED) is 0.607. The molecule has 27 heavy (non-hydrogen) atoms. The molecule has 3 nitrogen and oxygen atoms in total. The highest BCUT2D eigenvalue weighted by atomic mass is 32.2. The van der Waals surface area contributed by atoms with Crippen molar-refractivity contribution in [1.29, 1.82) is 0 Å². The second-order valence-corrected chi connectivity index (χ2v) is 7.94. The number of benzene rings is 3. The van der Waals surface area contributed by atoms with Crippen molar-refractivity contribution in [2.45, 2.75) is 13.8 Å². The summed E-state index contributed by atoms with van der Waals surface area (Å²) in [5, 5.41) is 0. The molecule has 1 N–H and O–H groups in total. The molecule has 0 saturated heterocycles. The monoisotopic (exact) mass is 380 g/mol. The smallest absolute Gasteiger partial charge is 0.261 e. The van der Waals surface area contributed by atoms with Gasteiger partial charge in [-0.05, 0) is 47.2 Å². The average Bonchev–Trinajstić information content (AvgIpc) is 2.63. The molecule has 0 amide bonds. The Kier molecular flexibility index (Phi) is 6.72. The van der Waals surface area contributed by atoms with Gasteiger partial charge in [-0.1, -0.05) is 84.9 Å². The van der Waals surface area contributed by atoms with Crippen LogP contribution in [0.4, 0.5) is 0 Å². The van der Waals surface area contributed by atoms with E-state index in [2.05, 4.69) is 87.2 Å². The Morgan fingerprint density at radius 2 is 1.37 bits per heavy atom. The molecule has 3 aromatic rings. The van der Waals surface area contributed by atoms with Gasteiger partial charge in [0, 0.05) is 0 Å². The fourth-order valence-corrected chi connectivity index (χ4v) is 2.71. The van der Waals surface area contributed by atoms with E-state index in [1.807, 2.05) is 6.07 Å². The van der Waals surface area contributed by atoms with Gasteiger partial charge >= 0.3 is 0 Å². The molecule has 3 rings (SSSR count). The van der Waals surface area contributed by atoms with E-state index < -0.39 is 10.1 Å². The van der Waals surface area contributed by atoms with Crippen LogP contribution in [0.15, 0.2) is 79.4 Å². The van der Waals surface area contributed by atoms with Crippen LogP contribution in [0.3, 0.4) is 0 Å². The average molecular weight is 381 g/mol. The lowest BCUT2D eigenvalue weighted by atomic mass is 9.93. The topological polar surface area (TPSA) is 54.4 Å².